The van der Waals surface area contributed by atoms with Gasteiger partial charge in [0.15, 0.2) is 6.29 Å². The van der Waals surface area contributed by atoms with Crippen LogP contribution < -0.4 is 0 Å². The normalized spacial score (nSPS) is 45.5. The van der Waals surface area contributed by atoms with E-state index >= 15 is 0 Å². The van der Waals surface area contributed by atoms with Gasteiger partial charge in [-0.1, -0.05) is 0 Å². The second kappa shape index (κ2) is 5.69. The number of rotatable bonds is 1. The first-order valence-corrected chi connectivity index (χ1v) is 3.93. The average molecular weight is 392 g/mol. The minimum Gasteiger partial charge on any atom is -0.758 e. The van der Waals surface area contributed by atoms with Crippen LogP contribution in [0.3, 0.4) is 0 Å². The van der Waals surface area contributed by atoms with Gasteiger partial charge in [0.1, 0.15) is 12.2 Å². The summed E-state index contributed by atoms with van der Waals surface area (Å²) in [5.41, 5.74) is -0.951. The van der Waals surface area contributed by atoms with E-state index in [2.05, 4.69) is 17.4 Å². The third kappa shape index (κ3) is 2.92. The minimum atomic E-state index is -1.31. The van der Waals surface area contributed by atoms with Crippen molar-refractivity contribution in [2.45, 2.75) is 30.0 Å². The number of methoxy groups -OCH3 is 1. The molecule has 0 aromatic heterocycles. The van der Waals surface area contributed by atoms with Gasteiger partial charge in [0, 0.05) is 7.11 Å². The first kappa shape index (κ1) is 13.9. The predicted molar refractivity (Wildman–Crippen MR) is 41.1 cm³/mol. The molecule has 3 N–H and O–H groups in total. The van der Waals surface area contributed by atoms with Crippen LogP contribution in [0.2, 0.25) is 0 Å². The third-order valence-corrected chi connectivity index (χ3v) is 2.15. The molecule has 0 aromatic rings. The molecular formula is C6H11AuO5S. The zero-order valence-corrected chi connectivity index (χ0v) is 9.74. The molecule has 0 radical (unpaired) electrons. The van der Waals surface area contributed by atoms with Crippen molar-refractivity contribution in [2.24, 2.45) is 0 Å². The van der Waals surface area contributed by atoms with Crippen LogP contribution >= 0.6 is 0 Å². The molecule has 0 aromatic carbocycles. The first-order valence-electron chi connectivity index (χ1n) is 3.46. The maximum Gasteiger partial charge on any atom is 1.00 e. The van der Waals surface area contributed by atoms with Crippen LogP contribution in [0.5, 0.6) is 0 Å². The molecule has 1 fully saturated rings. The van der Waals surface area contributed by atoms with Gasteiger partial charge in [-0.3, -0.25) is 0 Å². The monoisotopic (exact) mass is 392 g/mol. The molecule has 1 aliphatic rings. The van der Waals surface area contributed by atoms with Gasteiger partial charge >= 0.3 is 22.4 Å². The van der Waals surface area contributed by atoms with Crippen LogP contribution in [0.15, 0.2) is 0 Å². The Morgan fingerprint density at radius 3 is 2.15 bits per heavy atom. The van der Waals surface area contributed by atoms with E-state index < -0.39 is 30.0 Å². The maximum atomic E-state index is 9.22. The van der Waals surface area contributed by atoms with Crippen molar-refractivity contribution in [3.8, 4) is 0 Å². The van der Waals surface area contributed by atoms with Crippen molar-refractivity contribution in [3.63, 3.8) is 0 Å². The van der Waals surface area contributed by atoms with Crippen molar-refractivity contribution in [3.05, 3.63) is 0 Å². The zero-order valence-electron chi connectivity index (χ0n) is 6.75. The second-order valence-electron chi connectivity index (χ2n) is 2.58. The van der Waals surface area contributed by atoms with Gasteiger partial charge in [-0.2, -0.15) is 0 Å². The fourth-order valence-electron chi connectivity index (χ4n) is 1.01. The zero-order chi connectivity index (χ0) is 9.30. The van der Waals surface area contributed by atoms with Crippen molar-refractivity contribution in [2.75, 3.05) is 7.11 Å². The van der Waals surface area contributed by atoms with E-state index in [-0.39, 0.29) is 22.4 Å². The van der Waals surface area contributed by atoms with Crippen LogP contribution in [0.1, 0.15) is 0 Å². The van der Waals surface area contributed by atoms with Gasteiger partial charge in [-0.15, -0.1) is 0 Å². The molecule has 0 spiro atoms. The van der Waals surface area contributed by atoms with Crippen LogP contribution in [-0.2, 0) is 44.5 Å². The van der Waals surface area contributed by atoms with E-state index in [1.165, 1.54) is 7.11 Å². The van der Waals surface area contributed by atoms with E-state index in [1.54, 1.807) is 0 Å². The average Bonchev–Trinajstić information content (AvgIpc) is 2.08. The number of hydrogen-bond acceptors (Lipinski definition) is 6. The summed E-state index contributed by atoms with van der Waals surface area (Å²) in [4.78, 5) is 0. The molecule has 1 heterocycles. The van der Waals surface area contributed by atoms with Gasteiger partial charge in [-0.05, 0) is 5.44 Å². The molecule has 0 unspecified atom stereocenters. The van der Waals surface area contributed by atoms with Gasteiger partial charge in [0.05, 0.1) is 6.10 Å². The number of hydrogen-bond donors (Lipinski definition) is 3. The maximum absolute atomic E-state index is 9.22. The quantitative estimate of drug-likeness (QED) is 0.352. The summed E-state index contributed by atoms with van der Waals surface area (Å²) >= 11 is 4.66. The molecule has 0 amide bonds. The molecule has 1 saturated heterocycles. The van der Waals surface area contributed by atoms with E-state index in [0.717, 1.165) is 0 Å². The summed E-state index contributed by atoms with van der Waals surface area (Å²) in [6, 6.07) is 0. The van der Waals surface area contributed by atoms with E-state index in [1.807, 2.05) is 0 Å². The van der Waals surface area contributed by atoms with Gasteiger partial charge in [0.2, 0.25) is 0 Å². The fraction of sp³-hybridized carbons (Fsp3) is 1.00. The molecule has 82 valence electrons. The van der Waals surface area contributed by atoms with E-state index in [4.69, 9.17) is 9.84 Å². The summed E-state index contributed by atoms with van der Waals surface area (Å²) in [5, 5.41) is 27.5. The van der Waals surface area contributed by atoms with Crippen molar-refractivity contribution < 1.29 is 47.2 Å². The third-order valence-electron chi connectivity index (χ3n) is 1.76. The molecule has 5 nitrogen and oxygen atoms in total. The standard InChI is InChI=1S/C6H12O5S.Au/c1-10-5-3(8)2(7)4(9)6(12)11-5;/h2-9,12H,1H3;/q;+1/p-1/t2-,3-,4+,5-,6-;/m0./s1. The van der Waals surface area contributed by atoms with Crippen LogP contribution in [0, 0.1) is 0 Å². The molecule has 5 atom stereocenters. The van der Waals surface area contributed by atoms with Gasteiger partial charge < -0.3 is 37.4 Å². The molecular weight excluding hydrogens is 381 g/mol. The first-order chi connectivity index (χ1) is 5.57. The van der Waals surface area contributed by atoms with Crippen molar-refractivity contribution >= 4 is 12.6 Å². The molecule has 13 heavy (non-hydrogen) atoms. The smallest absolute Gasteiger partial charge is 0.758 e. The summed E-state index contributed by atoms with van der Waals surface area (Å²) in [6.45, 7) is 0. The molecule has 0 aliphatic carbocycles. The van der Waals surface area contributed by atoms with Crippen LogP contribution in [0.4, 0.5) is 0 Å². The summed E-state index contributed by atoms with van der Waals surface area (Å²) in [6.07, 6.45) is -4.79. The Morgan fingerprint density at radius 2 is 1.69 bits per heavy atom. The van der Waals surface area contributed by atoms with Crippen LogP contribution in [-0.4, -0.2) is 52.5 Å². The number of ether oxygens (including phenoxy) is 2. The Hall–Kier alpha value is 0.890. The van der Waals surface area contributed by atoms with E-state index in [9.17, 15) is 10.2 Å². The summed E-state index contributed by atoms with van der Waals surface area (Å²) in [5.74, 6) is 0. The second-order valence-corrected chi connectivity index (χ2v) is 3.04. The Morgan fingerprint density at radius 1 is 1.15 bits per heavy atom. The Labute approximate surface area is 97.0 Å². The topological polar surface area (TPSA) is 79.2 Å². The Bertz CT molecular complexity index is 155. The largest absolute Gasteiger partial charge is 1.00 e. The Balaban J connectivity index is 0.00000144. The van der Waals surface area contributed by atoms with E-state index in [0.29, 0.717) is 0 Å². The number of aliphatic hydroxyl groups is 3. The summed E-state index contributed by atoms with van der Waals surface area (Å²) < 4.78 is 9.55. The SMILES string of the molecule is CO[C@H]1O[C@@H]([S-])[C@H](O)[C@@H](O)[C@@H]1O.[Au+]. The fourth-order valence-corrected chi connectivity index (χ4v) is 1.28. The predicted octanol–water partition coefficient (Wildman–Crippen LogP) is -2.06. The van der Waals surface area contributed by atoms with Crippen molar-refractivity contribution in [1.82, 2.24) is 0 Å². The van der Waals surface area contributed by atoms with Crippen molar-refractivity contribution in [1.29, 1.82) is 0 Å². The molecule has 0 bridgehead atoms. The Kier molecular flexibility index (Phi) is 6.08. The minimum absolute atomic E-state index is 0. The van der Waals surface area contributed by atoms with Crippen LogP contribution in [0.25, 0.3) is 0 Å². The molecule has 1 rings (SSSR count). The summed E-state index contributed by atoms with van der Waals surface area (Å²) in [7, 11) is 1.32. The molecule has 1 aliphatic heterocycles. The van der Waals surface area contributed by atoms with Gasteiger partial charge in [0.25, 0.3) is 0 Å². The molecule has 7 heteroatoms. The number of aliphatic hydroxyl groups excluding tert-OH is 3. The van der Waals surface area contributed by atoms with Gasteiger partial charge in [-0.25, -0.2) is 0 Å². The molecule has 0 saturated carbocycles.